The smallest absolute Gasteiger partial charge is 0.123 e. The van der Waals surface area contributed by atoms with E-state index in [-0.39, 0.29) is 10.2 Å². The minimum Gasteiger partial charge on any atom is -0.492 e. The van der Waals surface area contributed by atoms with Crippen LogP contribution in [0.2, 0.25) is 0 Å². The van der Waals surface area contributed by atoms with Gasteiger partial charge in [0.05, 0.1) is 11.4 Å². The number of hydrogen-bond acceptors (Lipinski definition) is 1. The summed E-state index contributed by atoms with van der Waals surface area (Å²) in [6.07, 6.45) is 0. The molecule has 1 unspecified atom stereocenters. The average Bonchev–Trinajstić information content (AvgIpc) is 2.76. The summed E-state index contributed by atoms with van der Waals surface area (Å²) in [7, 11) is 0. The molecule has 1 nitrogen and oxygen atoms in total. The monoisotopic (exact) mass is 344 g/mol. The molecule has 0 aromatic heterocycles. The van der Waals surface area contributed by atoms with Gasteiger partial charge in [0.1, 0.15) is 5.75 Å². The minimum absolute atomic E-state index is 0.0969. The van der Waals surface area contributed by atoms with Crippen LogP contribution in [0.15, 0.2) is 36.4 Å². The maximum absolute atomic E-state index is 5.78. The number of alkyl halides is 1. The fourth-order valence-electron chi connectivity index (χ4n) is 2.91. The van der Waals surface area contributed by atoms with Gasteiger partial charge in [0, 0.05) is 11.0 Å². The Balaban J connectivity index is 2.03. The molecule has 0 radical (unpaired) electrons. The molecule has 110 valence electrons. The molecule has 3 rings (SSSR count). The zero-order chi connectivity index (χ0) is 15.2. The molecule has 2 aromatic rings. The third-order valence-corrected chi connectivity index (χ3v) is 5.34. The van der Waals surface area contributed by atoms with Gasteiger partial charge in [0.2, 0.25) is 0 Å². The molecule has 1 atom stereocenters. The highest BCUT2D eigenvalue weighted by molar-refractivity contribution is 9.09. The second kappa shape index (κ2) is 5.17. The molecule has 0 amide bonds. The largest absolute Gasteiger partial charge is 0.492 e. The van der Waals surface area contributed by atoms with E-state index >= 15 is 0 Å². The highest BCUT2D eigenvalue weighted by Gasteiger charge is 2.32. The van der Waals surface area contributed by atoms with Crippen molar-refractivity contribution in [1.29, 1.82) is 0 Å². The lowest BCUT2D eigenvalue weighted by atomic mass is 9.85. The molecule has 0 fully saturated rings. The summed E-state index contributed by atoms with van der Waals surface area (Å²) >= 11 is 3.88. The average molecular weight is 345 g/mol. The van der Waals surface area contributed by atoms with E-state index in [2.05, 4.69) is 80.0 Å². The van der Waals surface area contributed by atoms with Crippen molar-refractivity contribution in [2.24, 2.45) is 0 Å². The lowest BCUT2D eigenvalue weighted by Crippen LogP contribution is -2.18. The quantitative estimate of drug-likeness (QED) is 0.657. The highest BCUT2D eigenvalue weighted by atomic mass is 79.9. The number of ether oxygens (including phenoxy) is 1. The molecular weight excluding hydrogens is 324 g/mol. The number of hydrogen-bond donors (Lipinski definition) is 0. The summed E-state index contributed by atoms with van der Waals surface area (Å²) in [4.78, 5) is 0.221. The Bertz CT molecular complexity index is 688. The van der Waals surface area contributed by atoms with Crippen molar-refractivity contribution in [2.75, 3.05) is 6.61 Å². The van der Waals surface area contributed by atoms with E-state index < -0.39 is 0 Å². The van der Waals surface area contributed by atoms with Crippen LogP contribution >= 0.6 is 15.9 Å². The van der Waals surface area contributed by atoms with Gasteiger partial charge in [-0.25, -0.2) is 0 Å². The minimum atomic E-state index is 0.0969. The number of benzene rings is 2. The fourth-order valence-corrected chi connectivity index (χ4v) is 3.69. The first-order valence-electron chi connectivity index (χ1n) is 7.37. The second-order valence-corrected chi connectivity index (χ2v) is 7.57. The van der Waals surface area contributed by atoms with Gasteiger partial charge in [-0.05, 0) is 42.7 Å². The van der Waals surface area contributed by atoms with Gasteiger partial charge in [-0.15, -0.1) is 0 Å². The van der Waals surface area contributed by atoms with E-state index in [0.717, 1.165) is 12.4 Å². The summed E-state index contributed by atoms with van der Waals surface area (Å²) < 4.78 is 5.78. The van der Waals surface area contributed by atoms with Crippen molar-refractivity contribution >= 4 is 15.9 Å². The molecule has 0 saturated heterocycles. The summed E-state index contributed by atoms with van der Waals surface area (Å²) in [6.45, 7) is 9.56. The SMILES string of the molecule is Cc1ccc(C)c(C(Br)c2ccc3c(c2)C(C)(C)CO3)c1. The molecule has 0 saturated carbocycles. The normalized spacial score (nSPS) is 17.2. The Morgan fingerprint density at radius 2 is 1.86 bits per heavy atom. The van der Waals surface area contributed by atoms with Gasteiger partial charge in [0.25, 0.3) is 0 Å². The first-order chi connectivity index (χ1) is 9.88. The summed E-state index contributed by atoms with van der Waals surface area (Å²) in [5.41, 5.74) is 6.66. The van der Waals surface area contributed by atoms with E-state index in [4.69, 9.17) is 4.74 Å². The van der Waals surface area contributed by atoms with Crippen LogP contribution in [0.5, 0.6) is 5.75 Å². The van der Waals surface area contributed by atoms with Crippen molar-refractivity contribution in [2.45, 2.75) is 37.9 Å². The van der Waals surface area contributed by atoms with Crippen LogP contribution < -0.4 is 4.74 Å². The van der Waals surface area contributed by atoms with Crippen molar-refractivity contribution in [3.63, 3.8) is 0 Å². The molecule has 2 aromatic carbocycles. The molecular formula is C19H21BrO. The van der Waals surface area contributed by atoms with Gasteiger partial charge in [0.15, 0.2) is 0 Å². The predicted octanol–water partition coefficient (Wildman–Crippen LogP) is 5.46. The molecule has 0 bridgehead atoms. The van der Waals surface area contributed by atoms with Crippen LogP contribution in [-0.2, 0) is 5.41 Å². The first kappa shape index (κ1) is 14.6. The summed E-state index contributed by atoms with van der Waals surface area (Å²) in [5, 5.41) is 0. The summed E-state index contributed by atoms with van der Waals surface area (Å²) in [6, 6.07) is 13.2. The number of fused-ring (bicyclic) bond motifs is 1. The van der Waals surface area contributed by atoms with Crippen molar-refractivity contribution in [3.8, 4) is 5.75 Å². The summed E-state index contributed by atoms with van der Waals surface area (Å²) in [5.74, 6) is 1.03. The van der Waals surface area contributed by atoms with Crippen molar-refractivity contribution in [3.05, 3.63) is 64.2 Å². The predicted molar refractivity (Wildman–Crippen MR) is 91.6 cm³/mol. The molecule has 21 heavy (non-hydrogen) atoms. The Kier molecular flexibility index (Phi) is 3.61. The van der Waals surface area contributed by atoms with Crippen LogP contribution in [0, 0.1) is 13.8 Å². The first-order valence-corrected chi connectivity index (χ1v) is 8.28. The lowest BCUT2D eigenvalue weighted by Gasteiger charge is -2.19. The zero-order valence-electron chi connectivity index (χ0n) is 13.0. The van der Waals surface area contributed by atoms with E-state index in [1.807, 2.05) is 0 Å². The molecule has 1 heterocycles. The Morgan fingerprint density at radius 3 is 2.62 bits per heavy atom. The molecule has 0 spiro atoms. The maximum Gasteiger partial charge on any atom is 0.123 e. The Morgan fingerprint density at radius 1 is 1.10 bits per heavy atom. The molecule has 1 aliphatic heterocycles. The van der Waals surface area contributed by atoms with Crippen LogP contribution in [0.4, 0.5) is 0 Å². The molecule has 0 N–H and O–H groups in total. The topological polar surface area (TPSA) is 9.23 Å². The highest BCUT2D eigenvalue weighted by Crippen LogP contribution is 2.42. The van der Waals surface area contributed by atoms with Gasteiger partial charge in [-0.3, -0.25) is 0 Å². The van der Waals surface area contributed by atoms with E-state index in [1.165, 1.54) is 27.8 Å². The van der Waals surface area contributed by atoms with Gasteiger partial charge < -0.3 is 4.74 Å². The second-order valence-electron chi connectivity index (χ2n) is 6.65. The van der Waals surface area contributed by atoms with E-state index in [0.29, 0.717) is 0 Å². The number of rotatable bonds is 2. The molecule has 0 aliphatic carbocycles. The Labute approximate surface area is 135 Å². The molecule has 2 heteroatoms. The Hall–Kier alpha value is -1.28. The zero-order valence-corrected chi connectivity index (χ0v) is 14.6. The van der Waals surface area contributed by atoms with Crippen LogP contribution in [-0.4, -0.2) is 6.61 Å². The van der Waals surface area contributed by atoms with Gasteiger partial charge in [-0.1, -0.05) is 59.6 Å². The number of aryl methyl sites for hydroxylation is 2. The standard InChI is InChI=1S/C19H21BrO/c1-12-5-6-13(2)15(9-12)18(20)14-7-8-17-16(10-14)19(3,4)11-21-17/h5-10,18H,11H2,1-4H3. The van der Waals surface area contributed by atoms with Gasteiger partial charge >= 0.3 is 0 Å². The van der Waals surface area contributed by atoms with Crippen molar-refractivity contribution < 1.29 is 4.74 Å². The lowest BCUT2D eigenvalue weighted by molar-refractivity contribution is 0.291. The third-order valence-electron chi connectivity index (χ3n) is 4.32. The van der Waals surface area contributed by atoms with Gasteiger partial charge in [-0.2, -0.15) is 0 Å². The van der Waals surface area contributed by atoms with Crippen LogP contribution in [0.3, 0.4) is 0 Å². The maximum atomic E-state index is 5.78. The van der Waals surface area contributed by atoms with E-state index in [9.17, 15) is 0 Å². The molecule has 1 aliphatic rings. The van der Waals surface area contributed by atoms with Crippen LogP contribution in [0.1, 0.15) is 46.5 Å². The third kappa shape index (κ3) is 2.62. The van der Waals surface area contributed by atoms with Crippen molar-refractivity contribution in [1.82, 2.24) is 0 Å². The number of halogens is 1. The fraction of sp³-hybridized carbons (Fsp3) is 0.368. The van der Waals surface area contributed by atoms with E-state index in [1.54, 1.807) is 0 Å². The van der Waals surface area contributed by atoms with Crippen LogP contribution in [0.25, 0.3) is 0 Å².